The summed E-state index contributed by atoms with van der Waals surface area (Å²) >= 11 is 4.83. The van der Waals surface area contributed by atoms with Crippen molar-refractivity contribution < 1.29 is 43.6 Å². The van der Waals surface area contributed by atoms with Gasteiger partial charge >= 0.3 is 11.9 Å². The first-order valence-electron chi connectivity index (χ1n) is 13.4. The number of ketones is 1. The monoisotopic (exact) mass is 661 g/mol. The van der Waals surface area contributed by atoms with Gasteiger partial charge in [0.2, 0.25) is 5.91 Å². The standard InChI is InChI=1S/C30H32BrNO9S/c1-16(29(35)36)7-22(33)27-12-18-10-25(24(39-3)13-26(18)42-27)41-6-4-5-40-23-11-20-15-32(14-19(20)9-21(23)31)28(34)8-17(2)30(37)38/h9-13,16-17H,4-8,14-15H2,1-3H3,(H,35,36)(H,37,38). The lowest BCUT2D eigenvalue weighted by Gasteiger charge is -2.16. The molecule has 2 N–H and O–H groups in total. The molecule has 224 valence electrons. The molecule has 2 unspecified atom stereocenters. The average Bonchev–Trinajstić information content (AvgIpc) is 3.55. The molecule has 2 aromatic carbocycles. The topological polar surface area (TPSA) is 140 Å². The van der Waals surface area contributed by atoms with Gasteiger partial charge in [-0.15, -0.1) is 11.3 Å². The Morgan fingerprint density at radius 1 is 0.881 bits per heavy atom. The molecule has 1 aromatic heterocycles. The Morgan fingerprint density at radius 2 is 1.50 bits per heavy atom. The van der Waals surface area contributed by atoms with Crippen LogP contribution in [0.25, 0.3) is 10.1 Å². The van der Waals surface area contributed by atoms with Gasteiger partial charge in [0.25, 0.3) is 0 Å². The van der Waals surface area contributed by atoms with Crippen molar-refractivity contribution in [1.82, 2.24) is 4.90 Å². The fourth-order valence-electron chi connectivity index (χ4n) is 4.51. The second kappa shape index (κ2) is 13.6. The van der Waals surface area contributed by atoms with E-state index in [4.69, 9.17) is 24.4 Å². The van der Waals surface area contributed by atoms with Crippen LogP contribution in [0, 0.1) is 11.8 Å². The number of carboxylic acid groups (broad SMARTS) is 2. The number of thiophene rings is 1. The number of fused-ring (bicyclic) bond motifs is 2. The lowest BCUT2D eigenvalue weighted by Crippen LogP contribution is -2.28. The molecule has 1 aliphatic heterocycles. The fraction of sp³-hybridized carbons (Fsp3) is 0.400. The number of carbonyl (C=O) groups excluding carboxylic acids is 2. The van der Waals surface area contributed by atoms with Crippen molar-refractivity contribution in [1.29, 1.82) is 0 Å². The van der Waals surface area contributed by atoms with Crippen LogP contribution in [-0.4, -0.2) is 59.1 Å². The normalized spacial score (nSPS) is 13.9. The first kappa shape index (κ1) is 31.3. The lowest BCUT2D eigenvalue weighted by molar-refractivity contribution is -0.145. The average molecular weight is 663 g/mol. The van der Waals surface area contributed by atoms with E-state index in [0.29, 0.717) is 54.8 Å². The van der Waals surface area contributed by atoms with Gasteiger partial charge in [-0.05, 0) is 56.7 Å². The third-order valence-corrected chi connectivity index (χ3v) is 8.78. The minimum atomic E-state index is -1.00. The summed E-state index contributed by atoms with van der Waals surface area (Å²) in [4.78, 5) is 49.5. The maximum atomic E-state index is 12.6. The van der Waals surface area contributed by atoms with Crippen LogP contribution >= 0.6 is 27.3 Å². The summed E-state index contributed by atoms with van der Waals surface area (Å²) < 4.78 is 19.0. The Hall–Kier alpha value is -3.64. The molecule has 1 aliphatic rings. The van der Waals surface area contributed by atoms with Gasteiger partial charge in [0, 0.05) is 43.1 Å². The van der Waals surface area contributed by atoms with E-state index in [1.54, 1.807) is 17.0 Å². The van der Waals surface area contributed by atoms with Crippen LogP contribution in [0.2, 0.25) is 0 Å². The molecule has 0 bridgehead atoms. The molecule has 2 heterocycles. The van der Waals surface area contributed by atoms with Crippen molar-refractivity contribution in [3.8, 4) is 17.2 Å². The molecule has 0 spiro atoms. The molecule has 0 aliphatic carbocycles. The maximum Gasteiger partial charge on any atom is 0.306 e. The van der Waals surface area contributed by atoms with Crippen LogP contribution in [0.1, 0.15) is 53.9 Å². The molecule has 0 radical (unpaired) electrons. The van der Waals surface area contributed by atoms with Crippen molar-refractivity contribution in [2.24, 2.45) is 11.8 Å². The van der Waals surface area contributed by atoms with Crippen molar-refractivity contribution >= 4 is 61.0 Å². The van der Waals surface area contributed by atoms with Crippen LogP contribution in [0.5, 0.6) is 17.2 Å². The number of aliphatic carboxylic acids is 2. The van der Waals surface area contributed by atoms with Gasteiger partial charge in [-0.2, -0.15) is 0 Å². The van der Waals surface area contributed by atoms with Gasteiger partial charge in [-0.3, -0.25) is 19.2 Å². The number of carbonyl (C=O) groups is 4. The summed E-state index contributed by atoms with van der Waals surface area (Å²) in [6.07, 6.45) is 0.470. The second-order valence-electron chi connectivity index (χ2n) is 10.3. The predicted molar refractivity (Wildman–Crippen MR) is 160 cm³/mol. The van der Waals surface area contributed by atoms with Crippen molar-refractivity contribution in [3.63, 3.8) is 0 Å². The van der Waals surface area contributed by atoms with Crippen LogP contribution < -0.4 is 14.2 Å². The largest absolute Gasteiger partial charge is 0.493 e. The third-order valence-electron chi connectivity index (χ3n) is 7.03. The van der Waals surface area contributed by atoms with Gasteiger partial charge in [0.05, 0.1) is 41.5 Å². The van der Waals surface area contributed by atoms with Crippen LogP contribution in [0.15, 0.2) is 34.8 Å². The summed E-state index contributed by atoms with van der Waals surface area (Å²) in [7, 11) is 1.54. The van der Waals surface area contributed by atoms with Gasteiger partial charge < -0.3 is 29.3 Å². The number of methoxy groups -OCH3 is 1. The highest BCUT2D eigenvalue weighted by Crippen LogP contribution is 2.38. The molecule has 12 heteroatoms. The molecule has 0 fully saturated rings. The Kier molecular flexibility index (Phi) is 10.1. The van der Waals surface area contributed by atoms with E-state index in [-0.39, 0.29) is 24.5 Å². The minimum absolute atomic E-state index is 0.0384. The highest BCUT2D eigenvalue weighted by Gasteiger charge is 2.27. The van der Waals surface area contributed by atoms with Gasteiger partial charge in [0.15, 0.2) is 17.3 Å². The van der Waals surface area contributed by atoms with E-state index < -0.39 is 23.8 Å². The number of rotatable bonds is 14. The first-order chi connectivity index (χ1) is 20.0. The zero-order valence-corrected chi connectivity index (χ0v) is 25.9. The van der Waals surface area contributed by atoms with E-state index in [1.165, 1.54) is 32.3 Å². The molecule has 3 aromatic rings. The number of carboxylic acids is 2. The summed E-state index contributed by atoms with van der Waals surface area (Å²) in [5, 5.41) is 19.0. The molecular formula is C30H32BrNO9S. The second-order valence-corrected chi connectivity index (χ2v) is 12.3. The van der Waals surface area contributed by atoms with Crippen molar-refractivity contribution in [2.75, 3.05) is 20.3 Å². The van der Waals surface area contributed by atoms with E-state index in [2.05, 4.69) is 15.9 Å². The van der Waals surface area contributed by atoms with E-state index >= 15 is 0 Å². The Bertz CT molecular complexity index is 1520. The Morgan fingerprint density at radius 3 is 2.14 bits per heavy atom. The smallest absolute Gasteiger partial charge is 0.306 e. The molecule has 1 amide bonds. The number of Topliss-reactive ketones (excluding diaryl/α,β-unsaturated/α-hetero) is 1. The number of benzene rings is 2. The number of halogens is 1. The number of hydrogen-bond donors (Lipinski definition) is 2. The fourth-order valence-corrected chi connectivity index (χ4v) is 6.04. The minimum Gasteiger partial charge on any atom is -0.493 e. The number of nitrogens with zero attached hydrogens (tertiary/aromatic N) is 1. The number of amides is 1. The molecule has 4 rings (SSSR count). The predicted octanol–water partition coefficient (Wildman–Crippen LogP) is 5.77. The van der Waals surface area contributed by atoms with E-state index in [1.807, 2.05) is 18.2 Å². The summed E-state index contributed by atoms with van der Waals surface area (Å²) in [5.41, 5.74) is 1.95. The summed E-state index contributed by atoms with van der Waals surface area (Å²) in [6, 6.07) is 9.19. The molecule has 2 atom stereocenters. The van der Waals surface area contributed by atoms with Gasteiger partial charge in [-0.1, -0.05) is 13.8 Å². The van der Waals surface area contributed by atoms with Crippen molar-refractivity contribution in [3.05, 3.63) is 50.8 Å². The lowest BCUT2D eigenvalue weighted by atomic mass is 10.0. The number of hydrogen-bond acceptors (Lipinski definition) is 8. The molecule has 0 saturated carbocycles. The Balaban J connectivity index is 1.31. The Labute approximate surface area is 255 Å². The maximum absolute atomic E-state index is 12.6. The number of ether oxygens (including phenoxy) is 3. The zero-order chi connectivity index (χ0) is 30.6. The summed E-state index contributed by atoms with van der Waals surface area (Å²) in [6.45, 7) is 4.60. The van der Waals surface area contributed by atoms with Gasteiger partial charge in [-0.25, -0.2) is 0 Å². The SMILES string of the molecule is COc1cc2sc(C(=O)CC(C)C(=O)O)cc2cc1OCCCOc1cc2c(cc1Br)CN(C(=O)CC(C)C(=O)O)C2. The highest BCUT2D eigenvalue weighted by atomic mass is 79.9. The zero-order valence-electron chi connectivity index (χ0n) is 23.5. The van der Waals surface area contributed by atoms with Crippen LogP contribution in [0.4, 0.5) is 0 Å². The third kappa shape index (κ3) is 7.40. The van der Waals surface area contributed by atoms with Gasteiger partial charge in [0.1, 0.15) is 5.75 Å². The molecule has 0 saturated heterocycles. The molecule has 10 nitrogen and oxygen atoms in total. The summed E-state index contributed by atoms with van der Waals surface area (Å²) in [5.74, 6) is -2.18. The quantitative estimate of drug-likeness (QED) is 0.163. The van der Waals surface area contributed by atoms with E-state index in [0.717, 1.165) is 25.7 Å². The molecule has 42 heavy (non-hydrogen) atoms. The molecular weight excluding hydrogens is 630 g/mol. The van der Waals surface area contributed by atoms with Crippen LogP contribution in [-0.2, 0) is 27.5 Å². The van der Waals surface area contributed by atoms with E-state index in [9.17, 15) is 19.2 Å². The van der Waals surface area contributed by atoms with Crippen LogP contribution in [0.3, 0.4) is 0 Å². The van der Waals surface area contributed by atoms with Crippen molar-refractivity contribution in [2.45, 2.75) is 46.2 Å². The highest BCUT2D eigenvalue weighted by molar-refractivity contribution is 9.10. The first-order valence-corrected chi connectivity index (χ1v) is 15.0.